The van der Waals surface area contributed by atoms with E-state index in [1.165, 1.54) is 0 Å². The molecule has 0 aliphatic rings. The largest absolute Gasteiger partial charge is 0.397 e. The maximum Gasteiger partial charge on any atom is 0.300 e. The van der Waals surface area contributed by atoms with E-state index in [1.807, 2.05) is 6.07 Å². The van der Waals surface area contributed by atoms with Crippen LogP contribution < -0.4 is 5.73 Å². The van der Waals surface area contributed by atoms with E-state index in [9.17, 15) is 10.1 Å². The molecule has 6 heteroatoms. The maximum absolute atomic E-state index is 11.3. The second-order valence-corrected chi connectivity index (χ2v) is 4.37. The lowest BCUT2D eigenvalue weighted by Gasteiger charge is -2.11. The first-order chi connectivity index (χ1) is 9.45. The van der Waals surface area contributed by atoms with Gasteiger partial charge in [0.05, 0.1) is 33.5 Å². The van der Waals surface area contributed by atoms with Crippen LogP contribution in [0.1, 0.15) is 17.0 Å². The van der Waals surface area contributed by atoms with Gasteiger partial charge in [-0.3, -0.25) is 10.1 Å². The Balaban J connectivity index is 2.77. The van der Waals surface area contributed by atoms with E-state index < -0.39 is 4.92 Å². The first kappa shape index (κ1) is 13.5. The minimum Gasteiger partial charge on any atom is -0.397 e. The summed E-state index contributed by atoms with van der Waals surface area (Å²) in [7, 11) is 0. The minimum absolute atomic E-state index is 0.0993. The van der Waals surface area contributed by atoms with Crippen molar-refractivity contribution in [3.8, 4) is 17.2 Å². The fourth-order valence-electron chi connectivity index (χ4n) is 2.08. The number of rotatable bonds is 2. The first-order valence-corrected chi connectivity index (χ1v) is 5.87. The zero-order valence-corrected chi connectivity index (χ0v) is 11.0. The summed E-state index contributed by atoms with van der Waals surface area (Å²) < 4.78 is 0. The van der Waals surface area contributed by atoms with E-state index in [1.54, 1.807) is 38.1 Å². The topological polar surface area (TPSA) is 106 Å². The molecule has 0 aliphatic carbocycles. The maximum atomic E-state index is 11.3. The Bertz CT molecular complexity index is 730. The smallest absolute Gasteiger partial charge is 0.300 e. The summed E-state index contributed by atoms with van der Waals surface area (Å²) in [5, 5.41) is 20.1. The number of anilines is 1. The van der Waals surface area contributed by atoms with Crippen LogP contribution in [0.5, 0.6) is 0 Å². The Kier molecular flexibility index (Phi) is 3.36. The van der Waals surface area contributed by atoms with Gasteiger partial charge in [-0.25, -0.2) is 4.98 Å². The zero-order valence-electron chi connectivity index (χ0n) is 11.0. The number of aromatic nitrogens is 1. The van der Waals surface area contributed by atoms with E-state index in [0.717, 1.165) is 0 Å². The SMILES string of the molecule is Cc1nc(C)c([N+](=O)[O-])c(-c2ccc(C#N)cc2)c1N. The Morgan fingerprint density at radius 1 is 1.25 bits per heavy atom. The molecule has 0 amide bonds. The third kappa shape index (κ3) is 2.17. The molecule has 1 heterocycles. The van der Waals surface area contributed by atoms with Crippen molar-refractivity contribution in [1.29, 1.82) is 5.26 Å². The van der Waals surface area contributed by atoms with Crippen LogP contribution in [0.3, 0.4) is 0 Å². The van der Waals surface area contributed by atoms with Gasteiger partial charge >= 0.3 is 0 Å². The van der Waals surface area contributed by atoms with Crippen molar-refractivity contribution in [1.82, 2.24) is 4.98 Å². The van der Waals surface area contributed by atoms with Gasteiger partial charge in [-0.05, 0) is 31.5 Å². The third-order valence-electron chi connectivity index (χ3n) is 3.06. The van der Waals surface area contributed by atoms with Crippen molar-refractivity contribution in [2.24, 2.45) is 0 Å². The molecule has 2 rings (SSSR count). The molecule has 0 spiro atoms. The highest BCUT2D eigenvalue weighted by atomic mass is 16.6. The highest BCUT2D eigenvalue weighted by Gasteiger charge is 2.24. The van der Waals surface area contributed by atoms with Gasteiger partial charge in [-0.2, -0.15) is 5.26 Å². The number of nitrogens with two attached hydrogens (primary N) is 1. The van der Waals surface area contributed by atoms with Gasteiger partial charge in [-0.15, -0.1) is 0 Å². The van der Waals surface area contributed by atoms with Crippen LogP contribution in [0.4, 0.5) is 11.4 Å². The van der Waals surface area contributed by atoms with Crippen LogP contribution in [0.25, 0.3) is 11.1 Å². The van der Waals surface area contributed by atoms with Crippen molar-refractivity contribution < 1.29 is 4.92 Å². The fraction of sp³-hybridized carbons (Fsp3) is 0.143. The summed E-state index contributed by atoms with van der Waals surface area (Å²) in [6.45, 7) is 3.29. The molecule has 0 fully saturated rings. The Morgan fingerprint density at radius 2 is 1.85 bits per heavy atom. The van der Waals surface area contributed by atoms with Gasteiger partial charge in [-0.1, -0.05) is 12.1 Å². The molecule has 0 saturated heterocycles. The van der Waals surface area contributed by atoms with E-state index >= 15 is 0 Å². The highest BCUT2D eigenvalue weighted by Crippen LogP contribution is 2.38. The number of hydrogen-bond acceptors (Lipinski definition) is 5. The van der Waals surface area contributed by atoms with Crippen molar-refractivity contribution in [3.63, 3.8) is 0 Å². The molecule has 2 aromatic rings. The zero-order chi connectivity index (χ0) is 14.9. The molecule has 6 nitrogen and oxygen atoms in total. The number of aryl methyl sites for hydroxylation is 2. The molecule has 2 N–H and O–H groups in total. The predicted octanol–water partition coefficient (Wildman–Crippen LogP) is 2.73. The number of pyridine rings is 1. The molecule has 0 radical (unpaired) electrons. The molecule has 0 atom stereocenters. The quantitative estimate of drug-likeness (QED) is 0.665. The van der Waals surface area contributed by atoms with Gasteiger partial charge in [0.1, 0.15) is 5.69 Å². The van der Waals surface area contributed by atoms with Crippen LogP contribution >= 0.6 is 0 Å². The van der Waals surface area contributed by atoms with Crippen molar-refractivity contribution in [2.75, 3.05) is 5.73 Å². The predicted molar refractivity (Wildman–Crippen MR) is 74.9 cm³/mol. The van der Waals surface area contributed by atoms with Gasteiger partial charge in [0, 0.05) is 0 Å². The van der Waals surface area contributed by atoms with Crippen molar-refractivity contribution in [3.05, 3.63) is 51.3 Å². The number of nitriles is 1. The normalized spacial score (nSPS) is 10.1. The molecule has 1 aromatic carbocycles. The van der Waals surface area contributed by atoms with Crippen molar-refractivity contribution >= 4 is 11.4 Å². The van der Waals surface area contributed by atoms with E-state index in [-0.39, 0.29) is 11.4 Å². The molecule has 1 aromatic heterocycles. The lowest BCUT2D eigenvalue weighted by Crippen LogP contribution is -2.04. The van der Waals surface area contributed by atoms with E-state index in [4.69, 9.17) is 11.0 Å². The molecule has 0 aliphatic heterocycles. The van der Waals surface area contributed by atoms with Crippen LogP contribution in [0.15, 0.2) is 24.3 Å². The lowest BCUT2D eigenvalue weighted by molar-refractivity contribution is -0.385. The molecule has 0 bridgehead atoms. The summed E-state index contributed by atoms with van der Waals surface area (Å²) in [6, 6.07) is 8.50. The number of hydrogen-bond donors (Lipinski definition) is 1. The average Bonchev–Trinajstić information content (AvgIpc) is 2.42. The standard InChI is InChI=1S/C14H12N4O2/c1-8-13(16)12(14(18(19)20)9(2)17-8)11-5-3-10(7-15)4-6-11/h3-6H,16H2,1-2H3. The van der Waals surface area contributed by atoms with Crippen LogP contribution in [0.2, 0.25) is 0 Å². The minimum atomic E-state index is -0.480. The van der Waals surface area contributed by atoms with Crippen molar-refractivity contribution in [2.45, 2.75) is 13.8 Å². The average molecular weight is 268 g/mol. The molecular weight excluding hydrogens is 256 g/mol. The van der Waals surface area contributed by atoms with Crippen LogP contribution in [-0.2, 0) is 0 Å². The second-order valence-electron chi connectivity index (χ2n) is 4.37. The van der Waals surface area contributed by atoms with Crippen LogP contribution in [0, 0.1) is 35.3 Å². The summed E-state index contributed by atoms with van der Waals surface area (Å²) in [5.74, 6) is 0. The van der Waals surface area contributed by atoms with Gasteiger partial charge in [0.15, 0.2) is 0 Å². The van der Waals surface area contributed by atoms with Gasteiger partial charge in [0.25, 0.3) is 5.69 Å². The molecular formula is C14H12N4O2. The Morgan fingerprint density at radius 3 is 2.35 bits per heavy atom. The molecule has 0 saturated carbocycles. The Labute approximate surface area is 115 Å². The molecule has 100 valence electrons. The van der Waals surface area contributed by atoms with Crippen LogP contribution in [-0.4, -0.2) is 9.91 Å². The molecule has 20 heavy (non-hydrogen) atoms. The van der Waals surface area contributed by atoms with E-state index in [0.29, 0.717) is 28.1 Å². The molecule has 0 unspecified atom stereocenters. The Hall–Kier alpha value is -2.94. The number of benzene rings is 1. The second kappa shape index (κ2) is 4.97. The monoisotopic (exact) mass is 268 g/mol. The lowest BCUT2D eigenvalue weighted by atomic mass is 9.99. The van der Waals surface area contributed by atoms with E-state index in [2.05, 4.69) is 4.98 Å². The fourth-order valence-corrected chi connectivity index (χ4v) is 2.08. The van der Waals surface area contributed by atoms with Gasteiger partial charge in [0.2, 0.25) is 0 Å². The summed E-state index contributed by atoms with van der Waals surface area (Å²) in [4.78, 5) is 14.9. The van der Waals surface area contributed by atoms with Gasteiger partial charge < -0.3 is 5.73 Å². The first-order valence-electron chi connectivity index (χ1n) is 5.87. The number of nitrogen functional groups attached to an aromatic ring is 1. The summed E-state index contributed by atoms with van der Waals surface area (Å²) in [5.41, 5.74) is 8.45. The summed E-state index contributed by atoms with van der Waals surface area (Å²) in [6.07, 6.45) is 0. The number of nitrogens with zero attached hydrogens (tertiary/aromatic N) is 3. The number of nitro groups is 1. The summed E-state index contributed by atoms with van der Waals surface area (Å²) >= 11 is 0. The highest BCUT2D eigenvalue weighted by molar-refractivity contribution is 5.86. The third-order valence-corrected chi connectivity index (χ3v) is 3.06.